The van der Waals surface area contributed by atoms with Crippen molar-refractivity contribution in [3.63, 3.8) is 0 Å². The first-order valence-electron chi connectivity index (χ1n) is 5.92. The first kappa shape index (κ1) is 15.5. The topological polar surface area (TPSA) is 93.7 Å². The third kappa shape index (κ3) is 6.39. The molecule has 0 aromatic heterocycles. The van der Waals surface area contributed by atoms with Gasteiger partial charge in [-0.05, 0) is 18.2 Å². The highest BCUT2D eigenvalue weighted by molar-refractivity contribution is 5.90. The van der Waals surface area contributed by atoms with E-state index in [2.05, 4.69) is 15.4 Å². The molecule has 0 saturated carbocycles. The summed E-state index contributed by atoms with van der Waals surface area (Å²) in [6.45, 7) is 2.64. The Labute approximate surface area is 116 Å². The number of carbonyl (C=O) groups excluding carboxylic acids is 3. The van der Waals surface area contributed by atoms with Crippen LogP contribution in [0, 0.1) is 0 Å². The van der Waals surface area contributed by atoms with Crippen molar-refractivity contribution in [3.05, 3.63) is 24.3 Å². The Kier molecular flexibility index (Phi) is 6.02. The van der Waals surface area contributed by atoms with Crippen LogP contribution in [0.4, 0.5) is 16.2 Å². The van der Waals surface area contributed by atoms with Crippen molar-refractivity contribution < 1.29 is 23.9 Å². The molecule has 0 fully saturated rings. The minimum Gasteiger partial charge on any atom is -0.462 e. The lowest BCUT2D eigenvalue weighted by Crippen LogP contribution is -2.17. The number of ether oxygens (including phenoxy) is 2. The van der Waals surface area contributed by atoms with Crippen molar-refractivity contribution in [1.82, 2.24) is 0 Å². The van der Waals surface area contributed by atoms with Crippen molar-refractivity contribution in [1.29, 1.82) is 0 Å². The van der Waals surface area contributed by atoms with E-state index in [4.69, 9.17) is 4.74 Å². The minimum atomic E-state index is -0.669. The Hall–Kier alpha value is -2.57. The second-order valence-electron chi connectivity index (χ2n) is 3.86. The van der Waals surface area contributed by atoms with E-state index in [1.165, 1.54) is 13.8 Å². The van der Waals surface area contributed by atoms with Crippen LogP contribution in [0.3, 0.4) is 0 Å². The molecule has 0 unspecified atom stereocenters. The molecule has 1 aromatic rings. The first-order valence-corrected chi connectivity index (χ1v) is 5.92. The van der Waals surface area contributed by atoms with E-state index in [-0.39, 0.29) is 19.1 Å². The summed E-state index contributed by atoms with van der Waals surface area (Å²) in [4.78, 5) is 32.8. The Balaban J connectivity index is 2.41. The van der Waals surface area contributed by atoms with Gasteiger partial charge in [0.15, 0.2) is 0 Å². The average Bonchev–Trinajstić information content (AvgIpc) is 2.34. The van der Waals surface area contributed by atoms with Gasteiger partial charge in [0.2, 0.25) is 5.91 Å². The van der Waals surface area contributed by atoms with E-state index in [9.17, 15) is 14.4 Å². The van der Waals surface area contributed by atoms with Gasteiger partial charge < -0.3 is 14.8 Å². The van der Waals surface area contributed by atoms with Crippen LogP contribution >= 0.6 is 0 Å². The number of amides is 2. The molecule has 1 rings (SSSR count). The molecule has 108 valence electrons. The van der Waals surface area contributed by atoms with Gasteiger partial charge in [-0.25, -0.2) is 4.79 Å². The van der Waals surface area contributed by atoms with Gasteiger partial charge in [0, 0.05) is 25.2 Å². The lowest BCUT2D eigenvalue weighted by Gasteiger charge is -2.08. The second-order valence-corrected chi connectivity index (χ2v) is 3.86. The molecular weight excluding hydrogens is 264 g/mol. The Bertz CT molecular complexity index is 501. The number of hydrogen-bond acceptors (Lipinski definition) is 5. The van der Waals surface area contributed by atoms with Gasteiger partial charge in [-0.3, -0.25) is 14.9 Å². The quantitative estimate of drug-likeness (QED) is 0.633. The molecule has 0 radical (unpaired) electrons. The van der Waals surface area contributed by atoms with Crippen LogP contribution in [0.15, 0.2) is 24.3 Å². The van der Waals surface area contributed by atoms with Crippen LogP contribution in [0.25, 0.3) is 0 Å². The molecule has 2 N–H and O–H groups in total. The molecule has 1 aromatic carbocycles. The lowest BCUT2D eigenvalue weighted by molar-refractivity contribution is -0.141. The van der Waals surface area contributed by atoms with Crippen LogP contribution in [-0.2, 0) is 19.1 Å². The smallest absolute Gasteiger partial charge is 0.411 e. The maximum Gasteiger partial charge on any atom is 0.411 e. The first-order chi connectivity index (χ1) is 9.47. The second kappa shape index (κ2) is 7.78. The molecule has 0 bridgehead atoms. The Morgan fingerprint density at radius 3 is 2.20 bits per heavy atom. The lowest BCUT2D eigenvalue weighted by atomic mass is 10.3. The highest BCUT2D eigenvalue weighted by Crippen LogP contribution is 2.15. The third-order valence-corrected chi connectivity index (χ3v) is 2.05. The molecule has 0 aliphatic rings. The molecular formula is C13H16N2O5. The zero-order chi connectivity index (χ0) is 15.0. The SMILES string of the molecule is CC(=O)Nc1cccc(NC(=O)OCCOC(C)=O)c1. The van der Waals surface area contributed by atoms with Gasteiger partial charge in [-0.2, -0.15) is 0 Å². The number of rotatable bonds is 5. The summed E-state index contributed by atoms with van der Waals surface area (Å²) in [6, 6.07) is 6.62. The number of benzene rings is 1. The van der Waals surface area contributed by atoms with Gasteiger partial charge in [-0.1, -0.05) is 6.07 Å². The maximum atomic E-state index is 11.4. The van der Waals surface area contributed by atoms with Crippen LogP contribution in [0.2, 0.25) is 0 Å². The average molecular weight is 280 g/mol. The summed E-state index contributed by atoms with van der Waals surface area (Å²) >= 11 is 0. The van der Waals surface area contributed by atoms with Crippen molar-refractivity contribution in [2.24, 2.45) is 0 Å². The molecule has 7 nitrogen and oxygen atoms in total. The van der Waals surface area contributed by atoms with Crippen LogP contribution in [0.1, 0.15) is 13.8 Å². The molecule has 0 heterocycles. The van der Waals surface area contributed by atoms with Gasteiger partial charge in [0.25, 0.3) is 0 Å². The van der Waals surface area contributed by atoms with Crippen molar-refractivity contribution in [2.45, 2.75) is 13.8 Å². The van der Waals surface area contributed by atoms with Crippen molar-refractivity contribution in [2.75, 3.05) is 23.8 Å². The van der Waals surface area contributed by atoms with E-state index < -0.39 is 12.1 Å². The van der Waals surface area contributed by atoms with Crippen molar-refractivity contribution in [3.8, 4) is 0 Å². The number of esters is 1. The standard InChI is InChI=1S/C13H16N2O5/c1-9(16)14-11-4-3-5-12(8-11)15-13(18)20-7-6-19-10(2)17/h3-5,8H,6-7H2,1-2H3,(H,14,16)(H,15,18). The van der Waals surface area contributed by atoms with Gasteiger partial charge in [0.1, 0.15) is 13.2 Å². The van der Waals surface area contributed by atoms with Crippen LogP contribution in [-0.4, -0.2) is 31.2 Å². The maximum absolute atomic E-state index is 11.4. The molecule has 0 aliphatic heterocycles. The zero-order valence-corrected chi connectivity index (χ0v) is 11.3. The zero-order valence-electron chi connectivity index (χ0n) is 11.3. The number of hydrogen-bond donors (Lipinski definition) is 2. The van der Waals surface area contributed by atoms with Crippen LogP contribution < -0.4 is 10.6 Å². The number of carbonyl (C=O) groups is 3. The highest BCUT2D eigenvalue weighted by atomic mass is 16.6. The van der Waals surface area contributed by atoms with E-state index in [0.717, 1.165) is 0 Å². The summed E-state index contributed by atoms with van der Waals surface area (Å²) in [5.41, 5.74) is 1.05. The fourth-order valence-corrected chi connectivity index (χ4v) is 1.35. The molecule has 0 aliphatic carbocycles. The largest absolute Gasteiger partial charge is 0.462 e. The third-order valence-electron chi connectivity index (χ3n) is 2.05. The minimum absolute atomic E-state index is 0.00862. The molecule has 0 spiro atoms. The summed E-state index contributed by atoms with van der Waals surface area (Å²) in [5, 5.41) is 5.09. The summed E-state index contributed by atoms with van der Waals surface area (Å²) in [5.74, 6) is -0.636. The van der Waals surface area contributed by atoms with Crippen molar-refractivity contribution >= 4 is 29.3 Å². The fraction of sp³-hybridized carbons (Fsp3) is 0.308. The van der Waals surface area contributed by atoms with E-state index >= 15 is 0 Å². The van der Waals surface area contributed by atoms with Gasteiger partial charge in [-0.15, -0.1) is 0 Å². The summed E-state index contributed by atoms with van der Waals surface area (Å²) in [7, 11) is 0. The Morgan fingerprint density at radius 1 is 1.00 bits per heavy atom. The number of nitrogens with one attached hydrogen (secondary N) is 2. The predicted octanol–water partition coefficient (Wildman–Crippen LogP) is 1.76. The van der Waals surface area contributed by atoms with Gasteiger partial charge >= 0.3 is 12.1 Å². The normalized spacial score (nSPS) is 9.50. The monoisotopic (exact) mass is 280 g/mol. The fourth-order valence-electron chi connectivity index (χ4n) is 1.35. The highest BCUT2D eigenvalue weighted by Gasteiger charge is 2.04. The summed E-state index contributed by atoms with van der Waals surface area (Å²) in [6.07, 6.45) is -0.669. The number of anilines is 2. The Morgan fingerprint density at radius 2 is 1.60 bits per heavy atom. The summed E-state index contributed by atoms with van der Waals surface area (Å²) < 4.78 is 9.42. The molecule has 0 saturated heterocycles. The molecule has 0 atom stereocenters. The molecule has 20 heavy (non-hydrogen) atoms. The predicted molar refractivity (Wildman–Crippen MR) is 72.3 cm³/mol. The molecule has 2 amide bonds. The van der Waals surface area contributed by atoms with E-state index in [0.29, 0.717) is 11.4 Å². The van der Waals surface area contributed by atoms with Crippen LogP contribution in [0.5, 0.6) is 0 Å². The van der Waals surface area contributed by atoms with E-state index in [1.807, 2.05) is 0 Å². The van der Waals surface area contributed by atoms with E-state index in [1.54, 1.807) is 24.3 Å². The molecule has 7 heteroatoms. The van der Waals surface area contributed by atoms with Gasteiger partial charge in [0.05, 0.1) is 0 Å².